The van der Waals surface area contributed by atoms with Crippen LogP contribution in [0.3, 0.4) is 0 Å². The van der Waals surface area contributed by atoms with E-state index in [1.165, 1.54) is 17.7 Å². The lowest BCUT2D eigenvalue weighted by molar-refractivity contribution is 0.693. The molecule has 0 radical (unpaired) electrons. The summed E-state index contributed by atoms with van der Waals surface area (Å²) in [6, 6.07) is 8.85. The van der Waals surface area contributed by atoms with Gasteiger partial charge in [-0.1, -0.05) is 18.2 Å². The molecule has 2 rings (SSSR count). The van der Waals surface area contributed by atoms with Crippen molar-refractivity contribution < 1.29 is 0 Å². The first-order valence-electron chi connectivity index (χ1n) is 4.86. The molecule has 0 bridgehead atoms. The first kappa shape index (κ1) is 8.57. The maximum Gasteiger partial charge on any atom is 0.0400 e. The minimum atomic E-state index is 0.256. The van der Waals surface area contributed by atoms with Crippen molar-refractivity contribution in [2.75, 3.05) is 18.0 Å². The van der Waals surface area contributed by atoms with Gasteiger partial charge in [0.15, 0.2) is 0 Å². The molecule has 0 unspecified atom stereocenters. The lowest BCUT2D eigenvalue weighted by Crippen LogP contribution is -2.34. The molecule has 0 aromatic heterocycles. The van der Waals surface area contributed by atoms with Crippen LogP contribution in [0.2, 0.25) is 0 Å². The van der Waals surface area contributed by atoms with E-state index in [2.05, 4.69) is 36.1 Å². The third kappa shape index (κ3) is 1.68. The van der Waals surface area contributed by atoms with Gasteiger partial charge in [0, 0.05) is 24.8 Å². The smallest absolute Gasteiger partial charge is 0.0400 e. The Kier molecular flexibility index (Phi) is 2.23. The van der Waals surface area contributed by atoms with Crippen LogP contribution in [-0.4, -0.2) is 19.1 Å². The fourth-order valence-electron chi connectivity index (χ4n) is 1.94. The Balaban J connectivity index is 2.18. The Morgan fingerprint density at radius 1 is 1.46 bits per heavy atom. The van der Waals surface area contributed by atoms with Crippen LogP contribution in [0.1, 0.15) is 12.5 Å². The van der Waals surface area contributed by atoms with Gasteiger partial charge in [-0.15, -0.1) is 0 Å². The fraction of sp³-hybridized carbons (Fsp3) is 0.455. The lowest BCUT2D eigenvalue weighted by atomic mass is 10.2. The number of para-hydroxylation sites is 1. The lowest BCUT2D eigenvalue weighted by Gasteiger charge is -2.21. The summed E-state index contributed by atoms with van der Waals surface area (Å²) in [6.45, 7) is 4.15. The number of benzene rings is 1. The Morgan fingerprint density at radius 2 is 2.23 bits per heavy atom. The molecule has 13 heavy (non-hydrogen) atoms. The summed E-state index contributed by atoms with van der Waals surface area (Å²) < 4.78 is 0. The summed E-state index contributed by atoms with van der Waals surface area (Å²) >= 11 is 0. The molecular formula is C11H16N2. The van der Waals surface area contributed by atoms with Crippen LogP contribution in [0.25, 0.3) is 0 Å². The van der Waals surface area contributed by atoms with Crippen LogP contribution < -0.4 is 10.6 Å². The monoisotopic (exact) mass is 176 g/mol. The van der Waals surface area contributed by atoms with Crippen LogP contribution in [0, 0.1) is 0 Å². The molecule has 2 N–H and O–H groups in total. The van der Waals surface area contributed by atoms with Crippen molar-refractivity contribution in [3.8, 4) is 0 Å². The number of hydrogen-bond acceptors (Lipinski definition) is 2. The molecule has 2 nitrogen and oxygen atoms in total. The molecule has 70 valence electrons. The Bertz CT molecular complexity index is 294. The second-order valence-electron chi connectivity index (χ2n) is 3.80. The van der Waals surface area contributed by atoms with E-state index < -0.39 is 0 Å². The van der Waals surface area contributed by atoms with Gasteiger partial charge in [0.25, 0.3) is 0 Å². The number of nitrogens with zero attached hydrogens (tertiary/aromatic N) is 1. The molecule has 0 saturated carbocycles. The average Bonchev–Trinajstić information content (AvgIpc) is 2.48. The molecule has 0 aliphatic carbocycles. The number of anilines is 1. The van der Waals surface area contributed by atoms with E-state index in [4.69, 9.17) is 5.73 Å². The fourth-order valence-corrected chi connectivity index (χ4v) is 1.94. The second-order valence-corrected chi connectivity index (χ2v) is 3.80. The minimum Gasteiger partial charge on any atom is -0.369 e. The number of hydrogen-bond donors (Lipinski definition) is 1. The highest BCUT2D eigenvalue weighted by atomic mass is 15.2. The third-order valence-electron chi connectivity index (χ3n) is 2.49. The third-order valence-corrected chi connectivity index (χ3v) is 2.49. The highest BCUT2D eigenvalue weighted by molar-refractivity contribution is 5.57. The van der Waals surface area contributed by atoms with Gasteiger partial charge in [0.1, 0.15) is 0 Å². The van der Waals surface area contributed by atoms with Crippen molar-refractivity contribution in [1.29, 1.82) is 0 Å². The molecule has 1 aromatic carbocycles. The van der Waals surface area contributed by atoms with E-state index in [0.29, 0.717) is 0 Å². The van der Waals surface area contributed by atoms with Gasteiger partial charge in [0.05, 0.1) is 0 Å². The molecule has 0 spiro atoms. The maximum absolute atomic E-state index is 5.79. The summed E-state index contributed by atoms with van der Waals surface area (Å²) in [5, 5.41) is 0. The normalized spacial score (nSPS) is 17.2. The van der Waals surface area contributed by atoms with Crippen molar-refractivity contribution in [2.24, 2.45) is 5.73 Å². The molecule has 2 heteroatoms. The first-order valence-corrected chi connectivity index (χ1v) is 4.86. The molecular weight excluding hydrogens is 160 g/mol. The summed E-state index contributed by atoms with van der Waals surface area (Å²) in [5.41, 5.74) is 8.62. The van der Waals surface area contributed by atoms with Gasteiger partial charge in [-0.3, -0.25) is 0 Å². The molecule has 1 atom stereocenters. The van der Waals surface area contributed by atoms with Crippen LogP contribution in [0.15, 0.2) is 24.3 Å². The van der Waals surface area contributed by atoms with Crippen LogP contribution in [0.4, 0.5) is 5.69 Å². The topological polar surface area (TPSA) is 29.3 Å². The SMILES string of the molecule is C[C@@H](N)CN1CCc2ccccc21. The average molecular weight is 176 g/mol. The van der Waals surface area contributed by atoms with Gasteiger partial charge in [-0.2, -0.15) is 0 Å². The van der Waals surface area contributed by atoms with Gasteiger partial charge >= 0.3 is 0 Å². The van der Waals surface area contributed by atoms with Crippen molar-refractivity contribution in [2.45, 2.75) is 19.4 Å². The molecule has 1 aliphatic heterocycles. The van der Waals surface area contributed by atoms with Crippen molar-refractivity contribution >= 4 is 5.69 Å². The summed E-state index contributed by atoms with van der Waals surface area (Å²) in [6.07, 6.45) is 1.17. The minimum absolute atomic E-state index is 0.256. The predicted molar refractivity (Wildman–Crippen MR) is 56.0 cm³/mol. The van der Waals surface area contributed by atoms with Crippen molar-refractivity contribution in [3.05, 3.63) is 29.8 Å². The Morgan fingerprint density at radius 3 is 3.00 bits per heavy atom. The quantitative estimate of drug-likeness (QED) is 0.738. The molecule has 0 saturated heterocycles. The largest absolute Gasteiger partial charge is 0.369 e. The zero-order valence-electron chi connectivity index (χ0n) is 8.03. The van der Waals surface area contributed by atoms with Gasteiger partial charge in [0.2, 0.25) is 0 Å². The summed E-state index contributed by atoms with van der Waals surface area (Å²) in [7, 11) is 0. The number of nitrogens with two attached hydrogens (primary N) is 1. The van der Waals surface area contributed by atoms with Gasteiger partial charge in [-0.25, -0.2) is 0 Å². The standard InChI is InChI=1S/C11H16N2/c1-9(12)8-13-7-6-10-4-2-3-5-11(10)13/h2-5,9H,6-8,12H2,1H3/t9-/m1/s1. The van der Waals surface area contributed by atoms with Crippen LogP contribution in [0.5, 0.6) is 0 Å². The Hall–Kier alpha value is -1.02. The molecule has 1 aliphatic rings. The molecule has 0 fully saturated rings. The maximum atomic E-state index is 5.79. The van der Waals surface area contributed by atoms with E-state index in [1.54, 1.807) is 0 Å². The highest BCUT2D eigenvalue weighted by Gasteiger charge is 2.18. The van der Waals surface area contributed by atoms with E-state index in [-0.39, 0.29) is 6.04 Å². The van der Waals surface area contributed by atoms with Crippen LogP contribution in [-0.2, 0) is 6.42 Å². The van der Waals surface area contributed by atoms with Gasteiger partial charge < -0.3 is 10.6 Å². The Labute approximate surface area is 79.4 Å². The van der Waals surface area contributed by atoms with Crippen molar-refractivity contribution in [3.63, 3.8) is 0 Å². The number of fused-ring (bicyclic) bond motifs is 1. The van der Waals surface area contributed by atoms with E-state index >= 15 is 0 Å². The highest BCUT2D eigenvalue weighted by Crippen LogP contribution is 2.26. The summed E-state index contributed by atoms with van der Waals surface area (Å²) in [5.74, 6) is 0. The molecule has 1 heterocycles. The van der Waals surface area contributed by atoms with Gasteiger partial charge in [-0.05, 0) is 25.0 Å². The van der Waals surface area contributed by atoms with Crippen LogP contribution >= 0.6 is 0 Å². The molecule has 1 aromatic rings. The number of rotatable bonds is 2. The van der Waals surface area contributed by atoms with E-state index in [0.717, 1.165) is 13.1 Å². The molecule has 0 amide bonds. The summed E-state index contributed by atoms with van der Waals surface area (Å²) in [4.78, 5) is 2.38. The zero-order valence-corrected chi connectivity index (χ0v) is 8.03. The van der Waals surface area contributed by atoms with Crippen molar-refractivity contribution in [1.82, 2.24) is 0 Å². The first-order chi connectivity index (χ1) is 6.27. The second kappa shape index (κ2) is 3.38. The predicted octanol–water partition coefficient (Wildman–Crippen LogP) is 1.40. The van der Waals surface area contributed by atoms with E-state index in [1.807, 2.05) is 0 Å². The van der Waals surface area contributed by atoms with E-state index in [9.17, 15) is 0 Å². The zero-order chi connectivity index (χ0) is 9.26.